The molecule has 0 fully saturated rings. The molecule has 4 heteroatoms. The van der Waals surface area contributed by atoms with Gasteiger partial charge in [-0.25, -0.2) is 4.39 Å². The zero-order chi connectivity index (χ0) is 11.1. The first kappa shape index (κ1) is 11.9. The van der Waals surface area contributed by atoms with E-state index < -0.39 is 11.9 Å². The molecule has 0 amide bonds. The highest BCUT2D eigenvalue weighted by molar-refractivity contribution is 5.23. The van der Waals surface area contributed by atoms with E-state index in [9.17, 15) is 9.50 Å². The third-order valence-corrected chi connectivity index (χ3v) is 1.92. The van der Waals surface area contributed by atoms with E-state index in [0.29, 0.717) is 13.0 Å². The van der Waals surface area contributed by atoms with E-state index in [1.165, 1.54) is 12.1 Å². The number of hydrogen-bond donors (Lipinski definition) is 1. The number of ether oxygens (including phenoxy) is 2. The van der Waals surface area contributed by atoms with Crippen LogP contribution in [0.25, 0.3) is 0 Å². The van der Waals surface area contributed by atoms with Crippen LogP contribution in [0.4, 0.5) is 4.39 Å². The summed E-state index contributed by atoms with van der Waals surface area (Å²) in [7, 11) is 1.56. The van der Waals surface area contributed by atoms with Crippen LogP contribution < -0.4 is 4.74 Å². The Morgan fingerprint density at radius 1 is 1.40 bits per heavy atom. The van der Waals surface area contributed by atoms with Crippen LogP contribution in [0.3, 0.4) is 0 Å². The van der Waals surface area contributed by atoms with Crippen molar-refractivity contribution in [3.63, 3.8) is 0 Å². The summed E-state index contributed by atoms with van der Waals surface area (Å²) >= 11 is 0. The zero-order valence-electron chi connectivity index (χ0n) is 8.65. The number of hydrogen-bond acceptors (Lipinski definition) is 3. The Morgan fingerprint density at radius 3 is 2.80 bits per heavy atom. The molecule has 0 bridgehead atoms. The average Bonchev–Trinajstić information content (AvgIpc) is 2.25. The highest BCUT2D eigenvalue weighted by Gasteiger charge is 2.07. The van der Waals surface area contributed by atoms with Crippen molar-refractivity contribution in [3.8, 4) is 5.75 Å². The molecule has 1 N–H and O–H groups in total. The standard InChI is InChI=1S/C11H15FO3/c1-14-7-6-9(13)8-15-11-5-3-2-4-10(11)12/h2-5,9,13H,6-8H2,1H3. The number of rotatable bonds is 6. The number of para-hydroxylation sites is 1. The second-order valence-corrected chi connectivity index (χ2v) is 3.18. The smallest absolute Gasteiger partial charge is 0.165 e. The van der Waals surface area contributed by atoms with Crippen LogP contribution in [0, 0.1) is 5.82 Å². The molecule has 84 valence electrons. The van der Waals surface area contributed by atoms with E-state index in [2.05, 4.69) is 0 Å². The van der Waals surface area contributed by atoms with Gasteiger partial charge in [-0.1, -0.05) is 12.1 Å². The van der Waals surface area contributed by atoms with Gasteiger partial charge in [0.2, 0.25) is 0 Å². The molecular weight excluding hydrogens is 199 g/mol. The van der Waals surface area contributed by atoms with Crippen molar-refractivity contribution in [1.29, 1.82) is 0 Å². The molecule has 0 aliphatic carbocycles. The Balaban J connectivity index is 2.33. The normalized spacial score (nSPS) is 12.5. The van der Waals surface area contributed by atoms with Gasteiger partial charge in [0.15, 0.2) is 11.6 Å². The Hall–Kier alpha value is -1.13. The van der Waals surface area contributed by atoms with Crippen LogP contribution >= 0.6 is 0 Å². The largest absolute Gasteiger partial charge is 0.488 e. The molecule has 1 rings (SSSR count). The fourth-order valence-corrected chi connectivity index (χ4v) is 1.08. The van der Waals surface area contributed by atoms with Crippen LogP contribution in [0.15, 0.2) is 24.3 Å². The van der Waals surface area contributed by atoms with Crippen LogP contribution in [0.2, 0.25) is 0 Å². The molecule has 0 saturated carbocycles. The van der Waals surface area contributed by atoms with Crippen LogP contribution in [-0.4, -0.2) is 31.5 Å². The van der Waals surface area contributed by atoms with E-state index in [1.807, 2.05) is 0 Å². The van der Waals surface area contributed by atoms with Crippen molar-refractivity contribution in [2.45, 2.75) is 12.5 Å². The van der Waals surface area contributed by atoms with Gasteiger partial charge >= 0.3 is 0 Å². The quantitative estimate of drug-likeness (QED) is 0.781. The third kappa shape index (κ3) is 4.27. The van der Waals surface area contributed by atoms with Gasteiger partial charge in [-0.3, -0.25) is 0 Å². The van der Waals surface area contributed by atoms with Gasteiger partial charge in [0.1, 0.15) is 6.61 Å². The number of aliphatic hydroxyl groups is 1. The molecule has 0 aliphatic rings. The van der Waals surface area contributed by atoms with Crippen LogP contribution in [0.5, 0.6) is 5.75 Å². The SMILES string of the molecule is COCCC(O)COc1ccccc1F. The topological polar surface area (TPSA) is 38.7 Å². The van der Waals surface area contributed by atoms with Crippen molar-refractivity contribution in [2.75, 3.05) is 20.3 Å². The molecule has 0 radical (unpaired) electrons. The molecule has 1 aromatic rings. The van der Waals surface area contributed by atoms with Gasteiger partial charge in [0.05, 0.1) is 6.10 Å². The maximum Gasteiger partial charge on any atom is 0.165 e. The van der Waals surface area contributed by atoms with Crippen molar-refractivity contribution in [1.82, 2.24) is 0 Å². The minimum atomic E-state index is -0.635. The highest BCUT2D eigenvalue weighted by atomic mass is 19.1. The average molecular weight is 214 g/mol. The molecule has 15 heavy (non-hydrogen) atoms. The number of halogens is 1. The number of methoxy groups -OCH3 is 1. The van der Waals surface area contributed by atoms with Gasteiger partial charge in [0.25, 0.3) is 0 Å². The third-order valence-electron chi connectivity index (χ3n) is 1.92. The lowest BCUT2D eigenvalue weighted by Gasteiger charge is -2.12. The summed E-state index contributed by atoms with van der Waals surface area (Å²) in [5, 5.41) is 9.41. The molecule has 1 aromatic carbocycles. The van der Waals surface area contributed by atoms with E-state index in [1.54, 1.807) is 19.2 Å². The molecule has 0 spiro atoms. The van der Waals surface area contributed by atoms with Crippen LogP contribution in [0.1, 0.15) is 6.42 Å². The zero-order valence-corrected chi connectivity index (χ0v) is 8.65. The van der Waals surface area contributed by atoms with E-state index >= 15 is 0 Å². The lowest BCUT2D eigenvalue weighted by Crippen LogP contribution is -2.19. The summed E-state index contributed by atoms with van der Waals surface area (Å²) in [6.45, 7) is 0.534. The monoisotopic (exact) mass is 214 g/mol. The summed E-state index contributed by atoms with van der Waals surface area (Å²) in [6, 6.07) is 6.11. The molecule has 0 aromatic heterocycles. The first-order chi connectivity index (χ1) is 7.24. The van der Waals surface area contributed by atoms with Gasteiger partial charge in [-0.05, 0) is 18.6 Å². The molecular formula is C11H15FO3. The number of aliphatic hydroxyl groups excluding tert-OH is 1. The Bertz CT molecular complexity index is 291. The maximum absolute atomic E-state index is 13.1. The molecule has 0 heterocycles. The second-order valence-electron chi connectivity index (χ2n) is 3.18. The fourth-order valence-electron chi connectivity index (χ4n) is 1.08. The lowest BCUT2D eigenvalue weighted by molar-refractivity contribution is 0.0693. The highest BCUT2D eigenvalue weighted by Crippen LogP contribution is 2.15. The Kier molecular flexibility index (Phi) is 5.07. The molecule has 1 atom stereocenters. The van der Waals surface area contributed by atoms with Crippen molar-refractivity contribution in [2.24, 2.45) is 0 Å². The number of benzene rings is 1. The van der Waals surface area contributed by atoms with Gasteiger partial charge < -0.3 is 14.6 Å². The van der Waals surface area contributed by atoms with Crippen molar-refractivity contribution < 1.29 is 19.0 Å². The minimum Gasteiger partial charge on any atom is -0.488 e. The second kappa shape index (κ2) is 6.37. The first-order valence-corrected chi connectivity index (χ1v) is 4.78. The van der Waals surface area contributed by atoms with E-state index in [-0.39, 0.29) is 12.4 Å². The summed E-state index contributed by atoms with van der Waals surface area (Å²) in [5.74, 6) is -0.259. The lowest BCUT2D eigenvalue weighted by atomic mass is 10.3. The first-order valence-electron chi connectivity index (χ1n) is 4.78. The van der Waals surface area contributed by atoms with Gasteiger partial charge in [-0.15, -0.1) is 0 Å². The van der Waals surface area contributed by atoms with E-state index in [0.717, 1.165) is 0 Å². The van der Waals surface area contributed by atoms with Gasteiger partial charge in [-0.2, -0.15) is 0 Å². The Morgan fingerprint density at radius 2 is 2.13 bits per heavy atom. The maximum atomic E-state index is 13.1. The Labute approximate surface area is 88.4 Å². The summed E-state index contributed by atoms with van der Waals surface area (Å²) in [6.07, 6.45) is -0.158. The van der Waals surface area contributed by atoms with Crippen LogP contribution in [-0.2, 0) is 4.74 Å². The van der Waals surface area contributed by atoms with Crippen molar-refractivity contribution >= 4 is 0 Å². The van der Waals surface area contributed by atoms with Crippen molar-refractivity contribution in [3.05, 3.63) is 30.1 Å². The van der Waals surface area contributed by atoms with E-state index in [4.69, 9.17) is 9.47 Å². The predicted molar refractivity (Wildman–Crippen MR) is 54.4 cm³/mol. The molecule has 0 saturated heterocycles. The predicted octanol–water partition coefficient (Wildman–Crippen LogP) is 1.60. The minimum absolute atomic E-state index is 0.0737. The summed E-state index contributed by atoms with van der Waals surface area (Å²) in [4.78, 5) is 0. The molecule has 1 unspecified atom stereocenters. The molecule has 3 nitrogen and oxygen atoms in total. The summed E-state index contributed by atoms with van der Waals surface area (Å²) < 4.78 is 23.0. The molecule has 0 aliphatic heterocycles. The summed E-state index contributed by atoms with van der Waals surface area (Å²) in [5.41, 5.74) is 0. The van der Waals surface area contributed by atoms with Gasteiger partial charge in [0, 0.05) is 13.7 Å². The fraction of sp³-hybridized carbons (Fsp3) is 0.455.